The second kappa shape index (κ2) is 12.0. The number of ether oxygens (including phenoxy) is 1. The van der Waals surface area contributed by atoms with E-state index in [1.807, 2.05) is 6.07 Å². The van der Waals surface area contributed by atoms with E-state index in [4.69, 9.17) is 14.7 Å². The van der Waals surface area contributed by atoms with E-state index in [0.717, 1.165) is 56.3 Å². The van der Waals surface area contributed by atoms with Crippen molar-refractivity contribution in [3.63, 3.8) is 0 Å². The summed E-state index contributed by atoms with van der Waals surface area (Å²) in [4.78, 5) is 10.3. The maximum atomic E-state index is 6.93. The Hall–Kier alpha value is -7.10. The molecule has 0 saturated heterocycles. The van der Waals surface area contributed by atoms with Gasteiger partial charge in [0, 0.05) is 33.4 Å². The zero-order chi connectivity index (χ0) is 35.6. The molecule has 54 heavy (non-hydrogen) atoms. The Kier molecular flexibility index (Phi) is 6.77. The average Bonchev–Trinajstić information content (AvgIpc) is 3.54. The van der Waals surface area contributed by atoms with Crippen molar-refractivity contribution in [2.24, 2.45) is 0 Å². The van der Waals surface area contributed by atoms with Crippen LogP contribution in [0.1, 0.15) is 22.3 Å². The molecule has 8 aromatic carbocycles. The van der Waals surface area contributed by atoms with Gasteiger partial charge in [-0.3, -0.25) is 0 Å². The third-order valence-corrected chi connectivity index (χ3v) is 11.2. The summed E-state index contributed by atoms with van der Waals surface area (Å²) in [5.74, 6) is 2.45. The molecule has 0 atom stereocenters. The summed E-state index contributed by atoms with van der Waals surface area (Å²) in [6, 6.07) is 68.8. The maximum Gasteiger partial charge on any atom is 0.160 e. The number of fused-ring (bicyclic) bond motifs is 10. The van der Waals surface area contributed by atoms with Gasteiger partial charge < -0.3 is 4.74 Å². The van der Waals surface area contributed by atoms with Crippen molar-refractivity contribution in [2.75, 3.05) is 0 Å². The molecule has 0 saturated carbocycles. The molecule has 0 bridgehead atoms. The minimum Gasteiger partial charge on any atom is -0.456 e. The van der Waals surface area contributed by atoms with Crippen molar-refractivity contribution >= 4 is 10.8 Å². The molecule has 3 nitrogen and oxygen atoms in total. The molecule has 2 aliphatic rings. The van der Waals surface area contributed by atoms with Gasteiger partial charge in [0.15, 0.2) is 5.82 Å². The number of hydrogen-bond acceptors (Lipinski definition) is 3. The van der Waals surface area contributed by atoms with Crippen molar-refractivity contribution in [1.29, 1.82) is 0 Å². The Labute approximate surface area is 313 Å². The molecule has 252 valence electrons. The topological polar surface area (TPSA) is 35.0 Å². The second-order valence-corrected chi connectivity index (χ2v) is 14.1. The lowest BCUT2D eigenvalue weighted by atomic mass is 9.65. The van der Waals surface area contributed by atoms with Crippen LogP contribution in [0.25, 0.3) is 66.9 Å². The molecule has 11 rings (SSSR count). The highest BCUT2D eigenvalue weighted by molar-refractivity contribution is 5.91. The highest BCUT2D eigenvalue weighted by Crippen LogP contribution is 2.63. The molecule has 0 unspecified atom stereocenters. The van der Waals surface area contributed by atoms with E-state index in [9.17, 15) is 0 Å². The Bertz CT molecular complexity index is 2870. The molecule has 1 spiro atoms. The van der Waals surface area contributed by atoms with Crippen LogP contribution in [0.4, 0.5) is 0 Å². The van der Waals surface area contributed by atoms with E-state index in [1.165, 1.54) is 38.6 Å². The first-order chi connectivity index (χ1) is 26.8. The van der Waals surface area contributed by atoms with Gasteiger partial charge in [0.1, 0.15) is 11.5 Å². The summed E-state index contributed by atoms with van der Waals surface area (Å²) in [7, 11) is 0. The fraction of sp³-hybridized carbons (Fsp3) is 0.0196. The molecule has 1 aliphatic carbocycles. The highest BCUT2D eigenvalue weighted by atomic mass is 16.5. The third kappa shape index (κ3) is 4.55. The summed E-state index contributed by atoms with van der Waals surface area (Å²) < 4.78 is 6.93. The van der Waals surface area contributed by atoms with Crippen molar-refractivity contribution in [1.82, 2.24) is 9.97 Å². The van der Waals surface area contributed by atoms with Gasteiger partial charge in [0.2, 0.25) is 0 Å². The number of nitrogens with zero attached hydrogens (tertiary/aromatic N) is 2. The van der Waals surface area contributed by atoms with Gasteiger partial charge in [0.05, 0.1) is 16.8 Å². The summed E-state index contributed by atoms with van der Waals surface area (Å²) in [6.45, 7) is 0. The van der Waals surface area contributed by atoms with E-state index in [-0.39, 0.29) is 0 Å². The molecule has 0 radical (unpaired) electrons. The van der Waals surface area contributed by atoms with Gasteiger partial charge in [-0.15, -0.1) is 0 Å². The molecule has 1 aliphatic heterocycles. The normalized spacial score (nSPS) is 13.1. The van der Waals surface area contributed by atoms with Crippen molar-refractivity contribution in [3.8, 4) is 67.7 Å². The van der Waals surface area contributed by atoms with Crippen LogP contribution >= 0.6 is 0 Å². The van der Waals surface area contributed by atoms with Crippen LogP contribution < -0.4 is 4.74 Å². The van der Waals surface area contributed by atoms with Gasteiger partial charge in [-0.2, -0.15) is 0 Å². The SMILES string of the molecule is c1ccc(-c2cc(-c3ccc4ccccc4c3)nc(-c3ccc(-c4cccc5c4Oc4ccccc4C54c5ccccc5-c5ccccc54)cc3)n2)cc1. The van der Waals surface area contributed by atoms with Gasteiger partial charge in [-0.05, 0) is 56.8 Å². The quantitative estimate of drug-likeness (QED) is 0.185. The van der Waals surface area contributed by atoms with Gasteiger partial charge in [-0.25, -0.2) is 9.97 Å². The predicted octanol–water partition coefficient (Wildman–Crippen LogP) is 12.8. The number of benzene rings is 8. The van der Waals surface area contributed by atoms with Crippen LogP contribution in [0.15, 0.2) is 194 Å². The fourth-order valence-corrected chi connectivity index (χ4v) is 8.73. The van der Waals surface area contributed by atoms with Crippen LogP contribution in [-0.4, -0.2) is 9.97 Å². The largest absolute Gasteiger partial charge is 0.456 e. The highest BCUT2D eigenvalue weighted by Gasteiger charge is 2.51. The second-order valence-electron chi connectivity index (χ2n) is 14.1. The Morgan fingerprint density at radius 3 is 1.67 bits per heavy atom. The first-order valence-electron chi connectivity index (χ1n) is 18.4. The minimum absolute atomic E-state index is 0.502. The zero-order valence-electron chi connectivity index (χ0n) is 29.3. The lowest BCUT2D eigenvalue weighted by molar-refractivity contribution is 0.438. The number of aromatic nitrogens is 2. The lowest BCUT2D eigenvalue weighted by Gasteiger charge is -2.40. The van der Waals surface area contributed by atoms with E-state index >= 15 is 0 Å². The number of hydrogen-bond donors (Lipinski definition) is 0. The zero-order valence-corrected chi connectivity index (χ0v) is 29.3. The summed E-state index contributed by atoms with van der Waals surface area (Å²) in [5.41, 5.74) is 13.9. The van der Waals surface area contributed by atoms with E-state index in [0.29, 0.717) is 5.82 Å². The van der Waals surface area contributed by atoms with Gasteiger partial charge in [0.25, 0.3) is 0 Å². The van der Waals surface area contributed by atoms with Crippen LogP contribution in [-0.2, 0) is 5.41 Å². The molecule has 9 aromatic rings. The van der Waals surface area contributed by atoms with Crippen molar-refractivity contribution in [2.45, 2.75) is 5.41 Å². The van der Waals surface area contributed by atoms with E-state index in [1.54, 1.807) is 0 Å². The first kappa shape index (κ1) is 30.5. The van der Waals surface area contributed by atoms with Crippen LogP contribution in [0.5, 0.6) is 11.5 Å². The molecular formula is C51H32N2O. The number of para-hydroxylation sites is 2. The summed E-state index contributed by atoms with van der Waals surface area (Å²) in [5, 5.41) is 2.39. The average molecular weight is 689 g/mol. The van der Waals surface area contributed by atoms with Crippen LogP contribution in [0.3, 0.4) is 0 Å². The minimum atomic E-state index is -0.502. The van der Waals surface area contributed by atoms with Crippen molar-refractivity contribution < 1.29 is 4.74 Å². The third-order valence-electron chi connectivity index (χ3n) is 11.2. The molecule has 1 aromatic heterocycles. The summed E-state index contributed by atoms with van der Waals surface area (Å²) >= 11 is 0. The fourth-order valence-electron chi connectivity index (χ4n) is 8.73. The molecular weight excluding hydrogens is 657 g/mol. The molecule has 0 N–H and O–H groups in total. The first-order valence-corrected chi connectivity index (χ1v) is 18.4. The molecule has 0 fully saturated rings. The van der Waals surface area contributed by atoms with E-state index < -0.39 is 5.41 Å². The van der Waals surface area contributed by atoms with E-state index in [2.05, 4.69) is 188 Å². The van der Waals surface area contributed by atoms with Gasteiger partial charge >= 0.3 is 0 Å². The summed E-state index contributed by atoms with van der Waals surface area (Å²) in [6.07, 6.45) is 0. The Morgan fingerprint density at radius 2 is 0.907 bits per heavy atom. The predicted molar refractivity (Wildman–Crippen MR) is 219 cm³/mol. The lowest BCUT2D eigenvalue weighted by Crippen LogP contribution is -2.32. The maximum absolute atomic E-state index is 6.93. The molecule has 3 heteroatoms. The Morgan fingerprint density at radius 1 is 0.352 bits per heavy atom. The van der Waals surface area contributed by atoms with Crippen LogP contribution in [0, 0.1) is 0 Å². The van der Waals surface area contributed by atoms with Crippen LogP contribution in [0.2, 0.25) is 0 Å². The standard InChI is InChI=1S/C51H32N2O/c1-2-14-35(15-3-1)46-32-47(38-30-25-33-13-4-5-16-37(33)31-38)53-50(52-46)36-28-26-34(27-29-36)39-19-12-23-45-49(39)54-48-24-11-10-22-44(48)51(45)42-20-8-6-17-40(42)41-18-7-9-21-43(41)51/h1-32H. The Balaban J connectivity index is 1.05. The van der Waals surface area contributed by atoms with Gasteiger partial charge in [-0.1, -0.05) is 176 Å². The molecule has 0 amide bonds. The monoisotopic (exact) mass is 688 g/mol. The van der Waals surface area contributed by atoms with Crippen molar-refractivity contribution in [3.05, 3.63) is 216 Å². The smallest absolute Gasteiger partial charge is 0.160 e. The number of rotatable bonds is 4. The molecule has 2 heterocycles.